The van der Waals surface area contributed by atoms with E-state index in [2.05, 4.69) is 5.32 Å². The maximum absolute atomic E-state index is 11.9. The van der Waals surface area contributed by atoms with E-state index in [-0.39, 0.29) is 5.91 Å². The van der Waals surface area contributed by atoms with Crippen molar-refractivity contribution in [3.05, 3.63) is 0 Å². The average Bonchev–Trinajstić information content (AvgIpc) is 2.45. The third kappa shape index (κ3) is 4.58. The summed E-state index contributed by atoms with van der Waals surface area (Å²) in [5.41, 5.74) is 0. The summed E-state index contributed by atoms with van der Waals surface area (Å²) in [6.45, 7) is 4.36. The molecular weight excluding hydrogens is 228 g/mol. The fourth-order valence-electron chi connectivity index (χ4n) is 2.90. The van der Waals surface area contributed by atoms with Crippen LogP contribution >= 0.6 is 0 Å². The second kappa shape index (κ2) is 7.74. The van der Waals surface area contributed by atoms with E-state index in [4.69, 9.17) is 4.74 Å². The van der Waals surface area contributed by atoms with Crippen LogP contribution in [0.4, 0.5) is 0 Å². The normalized spacial score (nSPS) is 22.1. The van der Waals surface area contributed by atoms with Gasteiger partial charge in [-0.3, -0.25) is 4.79 Å². The van der Waals surface area contributed by atoms with Gasteiger partial charge in [-0.2, -0.15) is 0 Å². The molecule has 4 heteroatoms. The molecule has 2 rings (SSSR count). The van der Waals surface area contributed by atoms with Crippen molar-refractivity contribution in [2.24, 2.45) is 5.92 Å². The molecule has 1 saturated heterocycles. The third-order valence-corrected chi connectivity index (χ3v) is 4.09. The van der Waals surface area contributed by atoms with Crippen LogP contribution in [0.3, 0.4) is 0 Å². The van der Waals surface area contributed by atoms with Crippen LogP contribution in [0.2, 0.25) is 0 Å². The van der Waals surface area contributed by atoms with Crippen molar-refractivity contribution < 1.29 is 9.53 Å². The molecule has 1 N–H and O–H groups in total. The molecule has 0 spiro atoms. The van der Waals surface area contributed by atoms with Crippen LogP contribution in [0.15, 0.2) is 0 Å². The van der Waals surface area contributed by atoms with Crippen molar-refractivity contribution in [1.82, 2.24) is 10.2 Å². The fraction of sp³-hybridized carbons (Fsp3) is 0.929. The van der Waals surface area contributed by atoms with Crippen molar-refractivity contribution >= 4 is 5.91 Å². The number of carbonyl (C=O) groups is 1. The summed E-state index contributed by atoms with van der Waals surface area (Å²) in [4.78, 5) is 13.8. The number of hydrogen-bond acceptors (Lipinski definition) is 3. The number of amides is 1. The van der Waals surface area contributed by atoms with E-state index in [1.165, 1.54) is 38.5 Å². The molecule has 18 heavy (non-hydrogen) atoms. The quantitative estimate of drug-likeness (QED) is 0.754. The lowest BCUT2D eigenvalue weighted by Crippen LogP contribution is -2.44. The van der Waals surface area contributed by atoms with Gasteiger partial charge in [-0.25, -0.2) is 0 Å². The fourth-order valence-corrected chi connectivity index (χ4v) is 2.90. The Morgan fingerprint density at radius 2 is 1.89 bits per heavy atom. The van der Waals surface area contributed by atoms with Crippen molar-refractivity contribution in [1.29, 1.82) is 0 Å². The van der Waals surface area contributed by atoms with Crippen molar-refractivity contribution in [3.8, 4) is 0 Å². The summed E-state index contributed by atoms with van der Waals surface area (Å²) in [6.07, 6.45) is 8.22. The topological polar surface area (TPSA) is 41.6 Å². The molecule has 0 aromatic rings. The highest BCUT2D eigenvalue weighted by Gasteiger charge is 2.16. The lowest BCUT2D eigenvalue weighted by atomic mass is 9.87. The van der Waals surface area contributed by atoms with Crippen LogP contribution in [-0.4, -0.2) is 50.2 Å². The second-order valence-electron chi connectivity index (χ2n) is 5.46. The largest absolute Gasteiger partial charge is 0.378 e. The minimum Gasteiger partial charge on any atom is -0.378 e. The Kier molecular flexibility index (Phi) is 5.94. The molecule has 1 saturated carbocycles. The zero-order valence-corrected chi connectivity index (χ0v) is 11.3. The lowest BCUT2D eigenvalue weighted by Gasteiger charge is -2.27. The van der Waals surface area contributed by atoms with Crippen LogP contribution in [0.5, 0.6) is 0 Å². The Balaban J connectivity index is 1.52. The van der Waals surface area contributed by atoms with Gasteiger partial charge in [-0.05, 0) is 18.9 Å². The van der Waals surface area contributed by atoms with Gasteiger partial charge in [-0.1, -0.05) is 32.1 Å². The molecule has 1 aliphatic carbocycles. The number of nitrogens with zero attached hydrogens (tertiary/aromatic N) is 1. The predicted octanol–water partition coefficient (Wildman–Crippen LogP) is 1.41. The van der Waals surface area contributed by atoms with Gasteiger partial charge < -0.3 is 15.0 Å². The monoisotopic (exact) mass is 254 g/mol. The van der Waals surface area contributed by atoms with Gasteiger partial charge in [0.05, 0.1) is 19.8 Å². The SMILES string of the molecule is O=C(CNCCC1CCCCC1)N1CCOCC1. The molecule has 2 fully saturated rings. The van der Waals surface area contributed by atoms with Gasteiger partial charge in [0.15, 0.2) is 0 Å². The molecule has 0 unspecified atom stereocenters. The van der Waals surface area contributed by atoms with Crippen LogP contribution in [0.25, 0.3) is 0 Å². The van der Waals surface area contributed by atoms with Crippen molar-refractivity contribution in [3.63, 3.8) is 0 Å². The summed E-state index contributed by atoms with van der Waals surface area (Å²) < 4.78 is 5.24. The van der Waals surface area contributed by atoms with Gasteiger partial charge in [0.25, 0.3) is 0 Å². The van der Waals surface area contributed by atoms with E-state index >= 15 is 0 Å². The summed E-state index contributed by atoms with van der Waals surface area (Å²) in [7, 11) is 0. The maximum Gasteiger partial charge on any atom is 0.236 e. The minimum absolute atomic E-state index is 0.224. The van der Waals surface area contributed by atoms with E-state index in [1.54, 1.807) is 0 Å². The van der Waals surface area contributed by atoms with Gasteiger partial charge in [0.2, 0.25) is 5.91 Å². The maximum atomic E-state index is 11.9. The Morgan fingerprint density at radius 1 is 1.17 bits per heavy atom. The molecule has 1 amide bonds. The summed E-state index contributed by atoms with van der Waals surface area (Å²) in [5, 5.41) is 3.30. The van der Waals surface area contributed by atoms with E-state index in [1.807, 2.05) is 4.90 Å². The van der Waals surface area contributed by atoms with Gasteiger partial charge in [-0.15, -0.1) is 0 Å². The number of carbonyl (C=O) groups excluding carboxylic acids is 1. The predicted molar refractivity (Wildman–Crippen MR) is 71.5 cm³/mol. The Bertz CT molecular complexity index is 246. The first-order chi connectivity index (χ1) is 8.86. The molecule has 104 valence electrons. The number of morpholine rings is 1. The van der Waals surface area contributed by atoms with Gasteiger partial charge in [0.1, 0.15) is 0 Å². The number of rotatable bonds is 5. The molecule has 0 radical (unpaired) electrons. The van der Waals surface area contributed by atoms with Gasteiger partial charge >= 0.3 is 0 Å². The van der Waals surface area contributed by atoms with E-state index in [0.29, 0.717) is 19.8 Å². The third-order valence-electron chi connectivity index (χ3n) is 4.09. The van der Waals surface area contributed by atoms with Crippen LogP contribution in [-0.2, 0) is 9.53 Å². The molecule has 1 heterocycles. The standard InChI is InChI=1S/C14H26N2O2/c17-14(16-8-10-18-11-9-16)12-15-7-6-13-4-2-1-3-5-13/h13,15H,1-12H2. The smallest absolute Gasteiger partial charge is 0.236 e. The zero-order valence-electron chi connectivity index (χ0n) is 11.3. The second-order valence-corrected chi connectivity index (χ2v) is 5.46. The first-order valence-corrected chi connectivity index (χ1v) is 7.42. The first-order valence-electron chi connectivity index (χ1n) is 7.42. The highest BCUT2D eigenvalue weighted by molar-refractivity contribution is 5.78. The van der Waals surface area contributed by atoms with E-state index in [0.717, 1.165) is 25.6 Å². The molecule has 0 atom stereocenters. The number of ether oxygens (including phenoxy) is 1. The Morgan fingerprint density at radius 3 is 2.61 bits per heavy atom. The van der Waals surface area contributed by atoms with Crippen molar-refractivity contribution in [2.75, 3.05) is 39.4 Å². The molecule has 1 aliphatic heterocycles. The highest BCUT2D eigenvalue weighted by Crippen LogP contribution is 2.25. The average molecular weight is 254 g/mol. The Labute approximate surface area is 110 Å². The molecule has 0 aromatic heterocycles. The van der Waals surface area contributed by atoms with Crippen molar-refractivity contribution in [2.45, 2.75) is 38.5 Å². The molecule has 0 bridgehead atoms. The van der Waals surface area contributed by atoms with E-state index in [9.17, 15) is 4.79 Å². The number of nitrogens with one attached hydrogen (secondary N) is 1. The molecular formula is C14H26N2O2. The minimum atomic E-state index is 0.224. The Hall–Kier alpha value is -0.610. The number of hydrogen-bond donors (Lipinski definition) is 1. The molecule has 4 nitrogen and oxygen atoms in total. The zero-order chi connectivity index (χ0) is 12.6. The van der Waals surface area contributed by atoms with Crippen LogP contribution < -0.4 is 5.32 Å². The highest BCUT2D eigenvalue weighted by atomic mass is 16.5. The molecule has 2 aliphatic rings. The van der Waals surface area contributed by atoms with Crippen LogP contribution in [0.1, 0.15) is 38.5 Å². The summed E-state index contributed by atoms with van der Waals surface area (Å²) in [6, 6.07) is 0. The van der Waals surface area contributed by atoms with Gasteiger partial charge in [0, 0.05) is 13.1 Å². The first kappa shape index (κ1) is 13.8. The molecule has 0 aromatic carbocycles. The van der Waals surface area contributed by atoms with E-state index < -0.39 is 0 Å². The summed E-state index contributed by atoms with van der Waals surface area (Å²) >= 11 is 0. The van der Waals surface area contributed by atoms with Crippen LogP contribution in [0, 0.1) is 5.92 Å². The lowest BCUT2D eigenvalue weighted by molar-refractivity contribution is -0.134. The summed E-state index contributed by atoms with van der Waals surface area (Å²) in [5.74, 6) is 1.12.